The molecule has 1 aromatic carbocycles. The standard InChI is InChI=1S/C11H8N2O4S/c1-6-2-3-7(13(16)17)4-8(6)10-12-9(5-18-10)11(14)15/h2-5H,1H3,(H,14,15). The van der Waals surface area contributed by atoms with Crippen molar-refractivity contribution in [2.45, 2.75) is 6.92 Å². The molecular formula is C11H8N2O4S. The Balaban J connectivity index is 2.51. The minimum absolute atomic E-state index is 0.0392. The molecule has 0 unspecified atom stereocenters. The summed E-state index contributed by atoms with van der Waals surface area (Å²) in [7, 11) is 0. The van der Waals surface area contributed by atoms with Crippen LogP contribution in [-0.4, -0.2) is 21.0 Å². The molecule has 18 heavy (non-hydrogen) atoms. The predicted octanol–water partition coefficient (Wildman–Crippen LogP) is 2.72. The third kappa shape index (κ3) is 2.21. The topological polar surface area (TPSA) is 93.3 Å². The summed E-state index contributed by atoms with van der Waals surface area (Å²) in [6.07, 6.45) is 0. The maximum Gasteiger partial charge on any atom is 0.355 e. The Labute approximate surface area is 106 Å². The van der Waals surface area contributed by atoms with E-state index in [-0.39, 0.29) is 11.4 Å². The lowest BCUT2D eigenvalue weighted by molar-refractivity contribution is -0.384. The minimum Gasteiger partial charge on any atom is -0.476 e. The van der Waals surface area contributed by atoms with Gasteiger partial charge in [0.2, 0.25) is 0 Å². The number of non-ortho nitro benzene ring substituents is 1. The zero-order valence-corrected chi connectivity index (χ0v) is 10.1. The van der Waals surface area contributed by atoms with Gasteiger partial charge in [0.1, 0.15) is 5.01 Å². The van der Waals surface area contributed by atoms with E-state index in [1.165, 1.54) is 17.5 Å². The van der Waals surface area contributed by atoms with E-state index in [4.69, 9.17) is 5.11 Å². The van der Waals surface area contributed by atoms with Gasteiger partial charge in [-0.25, -0.2) is 9.78 Å². The number of benzene rings is 1. The van der Waals surface area contributed by atoms with Crippen LogP contribution in [0.25, 0.3) is 10.6 Å². The fraction of sp³-hybridized carbons (Fsp3) is 0.0909. The number of thiazole rings is 1. The van der Waals surface area contributed by atoms with Crippen LogP contribution in [0.2, 0.25) is 0 Å². The Bertz CT molecular complexity index is 636. The zero-order chi connectivity index (χ0) is 13.3. The van der Waals surface area contributed by atoms with Crippen LogP contribution >= 0.6 is 11.3 Å². The first kappa shape index (κ1) is 12.2. The summed E-state index contributed by atoms with van der Waals surface area (Å²) in [6.45, 7) is 1.79. The zero-order valence-electron chi connectivity index (χ0n) is 9.28. The van der Waals surface area contributed by atoms with Crippen molar-refractivity contribution in [3.05, 3.63) is 45.0 Å². The summed E-state index contributed by atoms with van der Waals surface area (Å²) >= 11 is 1.15. The summed E-state index contributed by atoms with van der Waals surface area (Å²) < 4.78 is 0. The van der Waals surface area contributed by atoms with Crippen LogP contribution in [0.1, 0.15) is 16.1 Å². The fourth-order valence-electron chi connectivity index (χ4n) is 1.45. The molecule has 0 atom stereocenters. The van der Waals surface area contributed by atoms with Gasteiger partial charge in [-0.1, -0.05) is 6.07 Å². The SMILES string of the molecule is Cc1ccc([N+](=O)[O-])cc1-c1nc(C(=O)O)cs1. The van der Waals surface area contributed by atoms with Gasteiger partial charge in [0, 0.05) is 23.1 Å². The maximum absolute atomic E-state index is 10.7. The summed E-state index contributed by atoms with van der Waals surface area (Å²) in [5.74, 6) is -1.11. The van der Waals surface area contributed by atoms with E-state index in [0.717, 1.165) is 16.9 Å². The Morgan fingerprint density at radius 2 is 2.22 bits per heavy atom. The second-order valence-corrected chi connectivity index (χ2v) is 4.46. The van der Waals surface area contributed by atoms with Gasteiger partial charge in [-0.3, -0.25) is 10.1 Å². The van der Waals surface area contributed by atoms with E-state index in [9.17, 15) is 14.9 Å². The van der Waals surface area contributed by atoms with Crippen molar-refractivity contribution >= 4 is 23.0 Å². The molecule has 0 amide bonds. The van der Waals surface area contributed by atoms with Crippen molar-refractivity contribution in [1.82, 2.24) is 4.98 Å². The van der Waals surface area contributed by atoms with E-state index < -0.39 is 10.9 Å². The van der Waals surface area contributed by atoms with Crippen molar-refractivity contribution in [2.75, 3.05) is 0 Å². The van der Waals surface area contributed by atoms with E-state index in [1.54, 1.807) is 13.0 Å². The molecule has 0 aliphatic heterocycles. The van der Waals surface area contributed by atoms with Crippen LogP contribution in [0.5, 0.6) is 0 Å². The van der Waals surface area contributed by atoms with Gasteiger partial charge in [-0.05, 0) is 12.5 Å². The van der Waals surface area contributed by atoms with Crippen LogP contribution in [0.15, 0.2) is 23.6 Å². The Kier molecular flexibility index (Phi) is 3.07. The van der Waals surface area contributed by atoms with Gasteiger partial charge in [-0.15, -0.1) is 11.3 Å². The highest BCUT2D eigenvalue weighted by Crippen LogP contribution is 2.30. The number of nitro groups is 1. The first-order valence-corrected chi connectivity index (χ1v) is 5.81. The average Bonchev–Trinajstić information content (AvgIpc) is 2.78. The number of rotatable bonds is 3. The molecule has 1 aromatic heterocycles. The minimum atomic E-state index is -1.11. The summed E-state index contributed by atoms with van der Waals surface area (Å²) in [5, 5.41) is 21.4. The molecule has 0 spiro atoms. The lowest BCUT2D eigenvalue weighted by atomic mass is 10.1. The Morgan fingerprint density at radius 1 is 1.50 bits per heavy atom. The molecule has 1 heterocycles. The molecule has 0 radical (unpaired) electrons. The monoisotopic (exact) mass is 264 g/mol. The molecule has 2 rings (SSSR count). The molecular weight excluding hydrogens is 256 g/mol. The van der Waals surface area contributed by atoms with Crippen LogP contribution < -0.4 is 0 Å². The molecule has 7 heteroatoms. The number of carboxylic acid groups (broad SMARTS) is 1. The van der Waals surface area contributed by atoms with E-state index >= 15 is 0 Å². The van der Waals surface area contributed by atoms with Crippen LogP contribution in [0.4, 0.5) is 5.69 Å². The van der Waals surface area contributed by atoms with Crippen LogP contribution in [0, 0.1) is 17.0 Å². The number of aromatic nitrogens is 1. The molecule has 2 aromatic rings. The van der Waals surface area contributed by atoms with Gasteiger partial charge >= 0.3 is 5.97 Å². The van der Waals surface area contributed by atoms with Gasteiger partial charge in [0.25, 0.3) is 5.69 Å². The van der Waals surface area contributed by atoms with Gasteiger partial charge in [0.05, 0.1) is 4.92 Å². The number of carbonyl (C=O) groups is 1. The second-order valence-electron chi connectivity index (χ2n) is 3.60. The molecule has 0 fully saturated rings. The lowest BCUT2D eigenvalue weighted by Gasteiger charge is -2.01. The predicted molar refractivity (Wildman–Crippen MR) is 65.9 cm³/mol. The highest BCUT2D eigenvalue weighted by molar-refractivity contribution is 7.13. The lowest BCUT2D eigenvalue weighted by Crippen LogP contribution is -1.96. The number of nitro benzene ring substituents is 1. The molecule has 0 aliphatic rings. The van der Waals surface area contributed by atoms with Crippen LogP contribution in [0.3, 0.4) is 0 Å². The van der Waals surface area contributed by atoms with Crippen molar-refractivity contribution in [2.24, 2.45) is 0 Å². The van der Waals surface area contributed by atoms with Gasteiger partial charge in [-0.2, -0.15) is 0 Å². The highest BCUT2D eigenvalue weighted by Gasteiger charge is 2.15. The smallest absolute Gasteiger partial charge is 0.355 e. The molecule has 6 nitrogen and oxygen atoms in total. The normalized spacial score (nSPS) is 10.3. The van der Waals surface area contributed by atoms with Crippen LogP contribution in [-0.2, 0) is 0 Å². The summed E-state index contributed by atoms with van der Waals surface area (Å²) in [6, 6.07) is 4.43. The molecule has 0 saturated heterocycles. The van der Waals surface area contributed by atoms with Crippen molar-refractivity contribution in [1.29, 1.82) is 0 Å². The number of hydrogen-bond donors (Lipinski definition) is 1. The van der Waals surface area contributed by atoms with Crippen molar-refractivity contribution < 1.29 is 14.8 Å². The molecule has 1 N–H and O–H groups in total. The number of aryl methyl sites for hydroxylation is 1. The molecule has 0 aliphatic carbocycles. The fourth-order valence-corrected chi connectivity index (χ4v) is 2.32. The summed E-state index contributed by atoms with van der Waals surface area (Å²) in [5.41, 5.74) is 1.30. The molecule has 0 bridgehead atoms. The highest BCUT2D eigenvalue weighted by atomic mass is 32.1. The molecule has 92 valence electrons. The van der Waals surface area contributed by atoms with Crippen molar-refractivity contribution in [3.63, 3.8) is 0 Å². The first-order chi connectivity index (χ1) is 8.49. The van der Waals surface area contributed by atoms with Gasteiger partial charge in [0.15, 0.2) is 5.69 Å². The largest absolute Gasteiger partial charge is 0.476 e. The Hall–Kier alpha value is -2.28. The molecule has 0 saturated carbocycles. The average molecular weight is 264 g/mol. The first-order valence-electron chi connectivity index (χ1n) is 4.93. The number of hydrogen-bond acceptors (Lipinski definition) is 5. The Morgan fingerprint density at radius 3 is 2.78 bits per heavy atom. The third-order valence-corrected chi connectivity index (χ3v) is 3.26. The third-order valence-electron chi connectivity index (χ3n) is 2.39. The van der Waals surface area contributed by atoms with Crippen molar-refractivity contribution in [3.8, 4) is 10.6 Å². The van der Waals surface area contributed by atoms with Gasteiger partial charge < -0.3 is 5.11 Å². The maximum atomic E-state index is 10.7. The number of nitrogens with zero attached hydrogens (tertiary/aromatic N) is 2. The quantitative estimate of drug-likeness (QED) is 0.679. The second kappa shape index (κ2) is 4.53. The number of carboxylic acids is 1. The van der Waals surface area contributed by atoms with E-state index in [2.05, 4.69) is 4.98 Å². The summed E-state index contributed by atoms with van der Waals surface area (Å²) in [4.78, 5) is 24.9. The van der Waals surface area contributed by atoms with E-state index in [1.807, 2.05) is 0 Å². The van der Waals surface area contributed by atoms with E-state index in [0.29, 0.717) is 10.6 Å². The number of aromatic carboxylic acids is 1.